The number of rotatable bonds is 1. The first-order chi connectivity index (χ1) is 11.8. The van der Waals surface area contributed by atoms with Crippen LogP contribution in [-0.4, -0.2) is 29.8 Å². The van der Waals surface area contributed by atoms with Crippen LogP contribution in [0.15, 0.2) is 42.5 Å². The second kappa shape index (κ2) is 6.69. The summed E-state index contributed by atoms with van der Waals surface area (Å²) in [5.41, 5.74) is 3.62. The van der Waals surface area contributed by atoms with Gasteiger partial charge in [-0.25, -0.2) is 0 Å². The zero-order chi connectivity index (χ0) is 16.4. The molecule has 0 unspecified atom stereocenters. The monoisotopic (exact) mass is 340 g/mol. The summed E-state index contributed by atoms with van der Waals surface area (Å²) in [6.07, 6.45) is 1.89. The van der Waals surface area contributed by atoms with E-state index in [1.54, 1.807) is 0 Å². The van der Waals surface area contributed by atoms with Gasteiger partial charge in [-0.15, -0.1) is 0 Å². The fourth-order valence-electron chi connectivity index (χ4n) is 3.11. The van der Waals surface area contributed by atoms with E-state index >= 15 is 0 Å². The van der Waals surface area contributed by atoms with Gasteiger partial charge < -0.3 is 19.7 Å². The van der Waals surface area contributed by atoms with Crippen LogP contribution in [0.2, 0.25) is 0 Å². The smallest absolute Gasteiger partial charge is 0.173 e. The maximum atomic E-state index is 5.81. The molecule has 24 heavy (non-hydrogen) atoms. The first-order valence-corrected chi connectivity index (χ1v) is 8.73. The van der Waals surface area contributed by atoms with Crippen molar-refractivity contribution in [1.29, 1.82) is 0 Å². The van der Waals surface area contributed by atoms with Crippen LogP contribution in [-0.2, 0) is 13.0 Å². The van der Waals surface area contributed by atoms with E-state index < -0.39 is 0 Å². The molecule has 0 fully saturated rings. The lowest BCUT2D eigenvalue weighted by Gasteiger charge is -2.31. The number of fused-ring (bicyclic) bond motifs is 2. The van der Waals surface area contributed by atoms with Gasteiger partial charge in [0, 0.05) is 25.2 Å². The Morgan fingerprint density at radius 2 is 1.71 bits per heavy atom. The highest BCUT2D eigenvalue weighted by Gasteiger charge is 2.22. The average molecular weight is 340 g/mol. The van der Waals surface area contributed by atoms with E-state index in [0.29, 0.717) is 6.61 Å². The molecule has 0 bridgehead atoms. The molecule has 4 rings (SSSR count). The van der Waals surface area contributed by atoms with E-state index in [0.717, 1.165) is 54.8 Å². The van der Waals surface area contributed by atoms with Crippen LogP contribution in [0.25, 0.3) is 0 Å². The first kappa shape index (κ1) is 15.3. The summed E-state index contributed by atoms with van der Waals surface area (Å²) < 4.78 is 11.6. The van der Waals surface area contributed by atoms with Crippen molar-refractivity contribution in [2.45, 2.75) is 19.4 Å². The van der Waals surface area contributed by atoms with Crippen molar-refractivity contribution in [3.05, 3.63) is 53.6 Å². The molecule has 4 nitrogen and oxygen atoms in total. The third-order valence-corrected chi connectivity index (χ3v) is 4.75. The predicted octanol–water partition coefficient (Wildman–Crippen LogP) is 3.60. The van der Waals surface area contributed by atoms with Crippen molar-refractivity contribution in [3.63, 3.8) is 0 Å². The second-order valence-corrected chi connectivity index (χ2v) is 6.47. The molecule has 2 aromatic carbocycles. The Hall–Kier alpha value is -2.27. The third kappa shape index (κ3) is 3.17. The summed E-state index contributed by atoms with van der Waals surface area (Å²) in [4.78, 5) is 2.20. The molecule has 0 saturated carbocycles. The number of benzene rings is 2. The lowest BCUT2D eigenvalue weighted by molar-refractivity contribution is 0.297. The Labute approximate surface area is 147 Å². The van der Waals surface area contributed by atoms with Crippen molar-refractivity contribution in [3.8, 4) is 11.5 Å². The zero-order valence-corrected chi connectivity index (χ0v) is 14.3. The molecule has 0 amide bonds. The number of hydrogen-bond acceptors (Lipinski definition) is 3. The highest BCUT2D eigenvalue weighted by Crippen LogP contribution is 2.35. The summed E-state index contributed by atoms with van der Waals surface area (Å²) >= 11 is 5.59. The zero-order valence-electron chi connectivity index (χ0n) is 13.5. The fourth-order valence-corrected chi connectivity index (χ4v) is 3.38. The largest absolute Gasteiger partial charge is 0.490 e. The molecule has 2 aliphatic rings. The normalized spacial score (nSPS) is 16.1. The summed E-state index contributed by atoms with van der Waals surface area (Å²) in [7, 11) is 0. The molecule has 0 spiro atoms. The molecule has 0 aliphatic carbocycles. The van der Waals surface area contributed by atoms with Crippen molar-refractivity contribution in [1.82, 2.24) is 4.90 Å². The Bertz CT molecular complexity index is 749. The van der Waals surface area contributed by atoms with Crippen LogP contribution >= 0.6 is 12.2 Å². The Balaban J connectivity index is 1.51. The fraction of sp³-hybridized carbons (Fsp3) is 0.316. The molecule has 0 radical (unpaired) electrons. The van der Waals surface area contributed by atoms with Gasteiger partial charge in [-0.3, -0.25) is 0 Å². The number of nitrogens with zero attached hydrogens (tertiary/aromatic N) is 1. The van der Waals surface area contributed by atoms with Gasteiger partial charge in [0.25, 0.3) is 0 Å². The summed E-state index contributed by atoms with van der Waals surface area (Å²) in [5.74, 6) is 1.74. The van der Waals surface area contributed by atoms with E-state index in [2.05, 4.69) is 22.3 Å². The summed E-state index contributed by atoms with van der Waals surface area (Å²) in [6.45, 7) is 3.14. The van der Waals surface area contributed by atoms with E-state index in [1.807, 2.05) is 30.3 Å². The van der Waals surface area contributed by atoms with Gasteiger partial charge in [0.05, 0.1) is 13.2 Å². The number of thiocarbonyl (C=S) groups is 1. The molecule has 124 valence electrons. The maximum absolute atomic E-state index is 5.81. The number of anilines is 1. The summed E-state index contributed by atoms with van der Waals surface area (Å²) in [5, 5.41) is 4.08. The molecular formula is C19H20N2O2S. The molecule has 5 heteroatoms. The highest BCUT2D eigenvalue weighted by atomic mass is 32.1. The van der Waals surface area contributed by atoms with Gasteiger partial charge in [0.15, 0.2) is 16.6 Å². The first-order valence-electron chi connectivity index (χ1n) is 8.32. The Morgan fingerprint density at radius 1 is 1.00 bits per heavy atom. The van der Waals surface area contributed by atoms with Gasteiger partial charge in [-0.1, -0.05) is 18.2 Å². The molecule has 0 saturated heterocycles. The number of ether oxygens (including phenoxy) is 2. The number of hydrogen-bond donors (Lipinski definition) is 1. The van der Waals surface area contributed by atoms with Crippen LogP contribution in [0, 0.1) is 0 Å². The van der Waals surface area contributed by atoms with Crippen LogP contribution in [0.4, 0.5) is 5.69 Å². The Morgan fingerprint density at radius 3 is 2.46 bits per heavy atom. The topological polar surface area (TPSA) is 33.7 Å². The predicted molar refractivity (Wildman–Crippen MR) is 98.8 cm³/mol. The van der Waals surface area contributed by atoms with Crippen LogP contribution in [0.1, 0.15) is 17.5 Å². The van der Waals surface area contributed by atoms with Gasteiger partial charge in [0.2, 0.25) is 0 Å². The molecule has 2 aliphatic heterocycles. The van der Waals surface area contributed by atoms with Crippen molar-refractivity contribution >= 4 is 23.0 Å². The standard InChI is InChI=1S/C19H20N2O2S/c24-19(20-16-5-2-1-3-6-16)21-8-7-14-11-17-18(12-15(14)13-21)23-10-4-9-22-17/h1-3,5-6,11-12H,4,7-10,13H2,(H,20,24). The minimum Gasteiger partial charge on any atom is -0.490 e. The molecule has 2 heterocycles. The van der Waals surface area contributed by atoms with E-state index in [9.17, 15) is 0 Å². The van der Waals surface area contributed by atoms with Crippen LogP contribution in [0.3, 0.4) is 0 Å². The SMILES string of the molecule is S=C(Nc1ccccc1)N1CCc2cc3c(cc2C1)OCCCO3. The molecular weight excluding hydrogens is 320 g/mol. The van der Waals surface area contributed by atoms with Gasteiger partial charge in [-0.05, 0) is 54.0 Å². The maximum Gasteiger partial charge on any atom is 0.173 e. The van der Waals surface area contributed by atoms with Crippen molar-refractivity contribution < 1.29 is 9.47 Å². The summed E-state index contributed by atoms with van der Waals surface area (Å²) in [6, 6.07) is 14.3. The van der Waals surface area contributed by atoms with E-state index in [-0.39, 0.29) is 0 Å². The Kier molecular flexibility index (Phi) is 4.26. The molecule has 0 atom stereocenters. The highest BCUT2D eigenvalue weighted by molar-refractivity contribution is 7.80. The second-order valence-electron chi connectivity index (χ2n) is 6.09. The van der Waals surface area contributed by atoms with Gasteiger partial charge in [0.1, 0.15) is 0 Å². The molecule has 1 N–H and O–H groups in total. The van der Waals surface area contributed by atoms with Crippen LogP contribution in [0.5, 0.6) is 11.5 Å². The molecule has 2 aromatic rings. The quantitative estimate of drug-likeness (QED) is 0.802. The average Bonchev–Trinajstić information content (AvgIpc) is 2.85. The number of para-hydroxylation sites is 1. The van der Waals surface area contributed by atoms with E-state index in [4.69, 9.17) is 21.7 Å². The minimum atomic E-state index is 0.712. The van der Waals surface area contributed by atoms with Crippen LogP contribution < -0.4 is 14.8 Å². The van der Waals surface area contributed by atoms with Crippen molar-refractivity contribution in [2.75, 3.05) is 25.1 Å². The lowest BCUT2D eigenvalue weighted by atomic mass is 9.99. The minimum absolute atomic E-state index is 0.712. The van der Waals surface area contributed by atoms with Gasteiger partial charge in [-0.2, -0.15) is 0 Å². The molecule has 0 aromatic heterocycles. The van der Waals surface area contributed by atoms with Gasteiger partial charge >= 0.3 is 0 Å². The lowest BCUT2D eigenvalue weighted by Crippen LogP contribution is -2.38. The van der Waals surface area contributed by atoms with Crippen molar-refractivity contribution in [2.24, 2.45) is 0 Å². The van der Waals surface area contributed by atoms with E-state index in [1.165, 1.54) is 11.1 Å². The third-order valence-electron chi connectivity index (χ3n) is 4.39. The number of nitrogens with one attached hydrogen (secondary N) is 1.